The van der Waals surface area contributed by atoms with Crippen molar-refractivity contribution in [1.82, 2.24) is 4.57 Å². The Morgan fingerprint density at radius 1 is 1.19 bits per heavy atom. The van der Waals surface area contributed by atoms with E-state index in [0.717, 1.165) is 35.6 Å². The lowest BCUT2D eigenvalue weighted by atomic mass is 10.0. The molecule has 2 heterocycles. The predicted molar refractivity (Wildman–Crippen MR) is 104 cm³/mol. The van der Waals surface area contributed by atoms with E-state index >= 15 is 0 Å². The Hall–Kier alpha value is -3.67. The Kier molecular flexibility index (Phi) is 5.23. The molecule has 1 aliphatic heterocycles. The molecule has 4 rings (SSSR count). The van der Waals surface area contributed by atoms with Crippen molar-refractivity contribution in [2.45, 2.75) is 38.3 Å². The predicted octanol–water partition coefficient (Wildman–Crippen LogP) is 4.95. The van der Waals surface area contributed by atoms with Gasteiger partial charge in [0, 0.05) is 29.1 Å². The van der Waals surface area contributed by atoms with Crippen LogP contribution in [0.5, 0.6) is 11.5 Å². The van der Waals surface area contributed by atoms with Crippen LogP contribution in [0.15, 0.2) is 42.5 Å². The van der Waals surface area contributed by atoms with Crippen molar-refractivity contribution in [3.63, 3.8) is 0 Å². The fourth-order valence-electron chi connectivity index (χ4n) is 3.97. The lowest BCUT2D eigenvalue weighted by Crippen LogP contribution is -2.17. The van der Waals surface area contributed by atoms with E-state index in [-0.39, 0.29) is 24.5 Å². The van der Waals surface area contributed by atoms with E-state index in [1.165, 1.54) is 12.1 Å². The maximum Gasteiger partial charge on any atom is 0.573 e. The van der Waals surface area contributed by atoms with Crippen molar-refractivity contribution in [2.24, 2.45) is 0 Å². The van der Waals surface area contributed by atoms with Gasteiger partial charge in [0.05, 0.1) is 18.1 Å². The number of nitrogens with zero attached hydrogens (tertiary/aromatic N) is 2. The smallest absolute Gasteiger partial charge is 0.489 e. The van der Waals surface area contributed by atoms with Crippen LogP contribution < -0.4 is 9.47 Å². The first-order valence-electron chi connectivity index (χ1n) is 9.49. The standard InChI is InChI=1S/C22H17F3N2O4/c23-22(24,25)31-18-6-13(11-26)5-14(7-18)12-30-17-1-2-19-16(8-17)9-20-15(10-21(28)29)3-4-27(19)20/h1-2,5-9,15H,3-4,10,12H2,(H,28,29)/t15-/m1/s1. The number of fused-ring (bicyclic) bond motifs is 3. The van der Waals surface area contributed by atoms with Gasteiger partial charge < -0.3 is 19.1 Å². The van der Waals surface area contributed by atoms with Gasteiger partial charge in [-0.25, -0.2) is 0 Å². The Bertz CT molecular complexity index is 1190. The van der Waals surface area contributed by atoms with E-state index in [2.05, 4.69) is 9.30 Å². The zero-order chi connectivity index (χ0) is 22.2. The van der Waals surface area contributed by atoms with Crippen LogP contribution in [0.2, 0.25) is 0 Å². The largest absolute Gasteiger partial charge is 0.573 e. The summed E-state index contributed by atoms with van der Waals surface area (Å²) in [6, 6.07) is 12.8. The molecular weight excluding hydrogens is 413 g/mol. The molecule has 0 aliphatic carbocycles. The molecule has 0 unspecified atom stereocenters. The average molecular weight is 430 g/mol. The number of ether oxygens (including phenoxy) is 2. The number of carboxylic acids is 1. The summed E-state index contributed by atoms with van der Waals surface area (Å²) in [6.45, 7) is 0.699. The van der Waals surface area contributed by atoms with Gasteiger partial charge in [-0.1, -0.05) is 0 Å². The van der Waals surface area contributed by atoms with Crippen LogP contribution in [0.25, 0.3) is 10.9 Å². The lowest BCUT2D eigenvalue weighted by molar-refractivity contribution is -0.274. The average Bonchev–Trinajstić information content (AvgIpc) is 3.23. The number of rotatable bonds is 6. The zero-order valence-electron chi connectivity index (χ0n) is 16.1. The number of aliphatic carboxylic acids is 1. The van der Waals surface area contributed by atoms with Gasteiger partial charge in [-0.2, -0.15) is 5.26 Å². The molecule has 1 aromatic heterocycles. The second-order valence-corrected chi connectivity index (χ2v) is 7.34. The molecule has 0 amide bonds. The third kappa shape index (κ3) is 4.58. The molecule has 6 nitrogen and oxygen atoms in total. The molecule has 1 N–H and O–H groups in total. The van der Waals surface area contributed by atoms with Gasteiger partial charge in [0.1, 0.15) is 18.1 Å². The Morgan fingerprint density at radius 2 is 2.00 bits per heavy atom. The number of halogens is 3. The Balaban J connectivity index is 1.53. The molecule has 0 bridgehead atoms. The van der Waals surface area contributed by atoms with Gasteiger partial charge in [-0.3, -0.25) is 4.79 Å². The maximum atomic E-state index is 12.5. The van der Waals surface area contributed by atoms with Crippen molar-refractivity contribution in [3.05, 3.63) is 59.3 Å². The number of hydrogen-bond donors (Lipinski definition) is 1. The van der Waals surface area contributed by atoms with E-state index in [4.69, 9.17) is 15.1 Å². The molecule has 0 spiro atoms. The monoisotopic (exact) mass is 430 g/mol. The third-order valence-electron chi connectivity index (χ3n) is 5.18. The molecule has 1 atom stereocenters. The van der Waals surface area contributed by atoms with Gasteiger partial charge in [0.15, 0.2) is 0 Å². The minimum atomic E-state index is -4.86. The van der Waals surface area contributed by atoms with Gasteiger partial charge in [-0.15, -0.1) is 13.2 Å². The van der Waals surface area contributed by atoms with Crippen molar-refractivity contribution < 1.29 is 32.5 Å². The number of carboxylic acid groups (broad SMARTS) is 1. The number of aromatic nitrogens is 1. The second-order valence-electron chi connectivity index (χ2n) is 7.34. The van der Waals surface area contributed by atoms with E-state index in [0.29, 0.717) is 11.3 Å². The highest BCUT2D eigenvalue weighted by Crippen LogP contribution is 2.37. The summed E-state index contributed by atoms with van der Waals surface area (Å²) in [4.78, 5) is 11.1. The molecular formula is C22H17F3N2O4. The van der Waals surface area contributed by atoms with E-state index in [9.17, 15) is 18.0 Å². The fourth-order valence-corrected chi connectivity index (χ4v) is 3.97. The summed E-state index contributed by atoms with van der Waals surface area (Å²) in [5, 5.41) is 19.0. The second kappa shape index (κ2) is 7.87. The van der Waals surface area contributed by atoms with Gasteiger partial charge in [0.25, 0.3) is 0 Å². The quantitative estimate of drug-likeness (QED) is 0.598. The molecule has 2 aromatic carbocycles. The number of benzene rings is 2. The Morgan fingerprint density at radius 3 is 2.71 bits per heavy atom. The highest BCUT2D eigenvalue weighted by molar-refractivity contribution is 5.83. The SMILES string of the molecule is N#Cc1cc(COc2ccc3c(c2)cc2n3CC[C@@H]2CC(=O)O)cc(OC(F)(F)F)c1. The first kappa shape index (κ1) is 20.6. The van der Waals surface area contributed by atoms with Gasteiger partial charge >= 0.3 is 12.3 Å². The van der Waals surface area contributed by atoms with Crippen LogP contribution in [0, 0.1) is 11.3 Å². The van der Waals surface area contributed by atoms with Crippen LogP contribution in [-0.2, 0) is 17.9 Å². The van der Waals surface area contributed by atoms with E-state index < -0.39 is 18.1 Å². The van der Waals surface area contributed by atoms with Gasteiger partial charge in [-0.05, 0) is 54.4 Å². The number of carbonyl (C=O) groups is 1. The third-order valence-corrected chi connectivity index (χ3v) is 5.18. The topological polar surface area (TPSA) is 84.5 Å². The first-order valence-corrected chi connectivity index (χ1v) is 9.49. The normalized spacial score (nSPS) is 15.5. The van der Waals surface area contributed by atoms with Crippen LogP contribution in [0.4, 0.5) is 13.2 Å². The van der Waals surface area contributed by atoms with Crippen molar-refractivity contribution in [1.29, 1.82) is 5.26 Å². The van der Waals surface area contributed by atoms with Crippen molar-refractivity contribution >= 4 is 16.9 Å². The molecule has 0 saturated carbocycles. The van der Waals surface area contributed by atoms with E-state index in [1.807, 2.05) is 18.2 Å². The minimum Gasteiger partial charge on any atom is -0.489 e. The van der Waals surface area contributed by atoms with Crippen LogP contribution in [0.3, 0.4) is 0 Å². The highest BCUT2D eigenvalue weighted by atomic mass is 19.4. The number of aryl methyl sites for hydroxylation is 1. The summed E-state index contributed by atoms with van der Waals surface area (Å²) in [6.07, 6.45) is -3.99. The highest BCUT2D eigenvalue weighted by Gasteiger charge is 2.31. The summed E-state index contributed by atoms with van der Waals surface area (Å²) in [5.74, 6) is -0.836. The van der Waals surface area contributed by atoms with Crippen molar-refractivity contribution in [2.75, 3.05) is 0 Å². The van der Waals surface area contributed by atoms with Crippen molar-refractivity contribution in [3.8, 4) is 17.6 Å². The number of hydrogen-bond acceptors (Lipinski definition) is 4. The molecule has 31 heavy (non-hydrogen) atoms. The molecule has 3 aromatic rings. The lowest BCUT2D eigenvalue weighted by Gasteiger charge is -2.12. The summed E-state index contributed by atoms with van der Waals surface area (Å²) in [7, 11) is 0. The fraction of sp³-hybridized carbons (Fsp3) is 0.273. The summed E-state index contributed by atoms with van der Waals surface area (Å²) in [5.41, 5.74) is 2.34. The number of alkyl halides is 3. The molecule has 160 valence electrons. The van der Waals surface area contributed by atoms with Crippen LogP contribution in [0.1, 0.15) is 35.6 Å². The van der Waals surface area contributed by atoms with Crippen LogP contribution >= 0.6 is 0 Å². The summed E-state index contributed by atoms with van der Waals surface area (Å²) < 4.78 is 49.3. The van der Waals surface area contributed by atoms with E-state index in [1.54, 1.807) is 12.1 Å². The summed E-state index contributed by atoms with van der Waals surface area (Å²) >= 11 is 0. The van der Waals surface area contributed by atoms with Crippen LogP contribution in [-0.4, -0.2) is 22.0 Å². The zero-order valence-corrected chi connectivity index (χ0v) is 16.1. The molecule has 0 radical (unpaired) electrons. The minimum absolute atomic E-state index is 0.0316. The Labute approximate surface area is 175 Å². The first-order chi connectivity index (χ1) is 14.7. The number of nitriles is 1. The molecule has 1 aliphatic rings. The molecule has 0 fully saturated rings. The molecule has 9 heteroatoms. The van der Waals surface area contributed by atoms with Gasteiger partial charge in [0.2, 0.25) is 0 Å². The maximum absolute atomic E-state index is 12.5. The molecule has 0 saturated heterocycles.